The van der Waals surface area contributed by atoms with Crippen molar-refractivity contribution < 1.29 is 4.74 Å². The third-order valence-electron chi connectivity index (χ3n) is 2.25. The van der Waals surface area contributed by atoms with Crippen molar-refractivity contribution in [2.75, 3.05) is 7.11 Å². The molecule has 0 radical (unpaired) electrons. The molecule has 0 heterocycles. The maximum atomic E-state index is 6.12. The van der Waals surface area contributed by atoms with E-state index < -0.39 is 0 Å². The van der Waals surface area contributed by atoms with E-state index in [-0.39, 0.29) is 5.92 Å². The molecule has 4 heteroatoms. The van der Waals surface area contributed by atoms with E-state index in [0.29, 0.717) is 16.4 Å². The first kappa shape index (κ1) is 12.3. The summed E-state index contributed by atoms with van der Waals surface area (Å²) in [7, 11) is 1.61. The summed E-state index contributed by atoms with van der Waals surface area (Å²) in [6.07, 6.45) is 0.668. The van der Waals surface area contributed by atoms with Crippen molar-refractivity contribution in [3.8, 4) is 5.75 Å². The maximum Gasteiger partial charge on any atom is 0.120 e. The highest BCUT2D eigenvalue weighted by molar-refractivity contribution is 7.80. The quantitative estimate of drug-likeness (QED) is 0.826. The zero-order valence-electron chi connectivity index (χ0n) is 8.79. The molecule has 2 N–H and O–H groups in total. The van der Waals surface area contributed by atoms with Crippen molar-refractivity contribution in [1.82, 2.24) is 0 Å². The van der Waals surface area contributed by atoms with Gasteiger partial charge in [0.2, 0.25) is 0 Å². The fraction of sp³-hybridized carbons (Fsp3) is 0.364. The van der Waals surface area contributed by atoms with E-state index in [9.17, 15) is 0 Å². The Morgan fingerprint density at radius 1 is 1.60 bits per heavy atom. The molecule has 82 valence electrons. The number of nitrogens with two attached hydrogens (primary N) is 1. The van der Waals surface area contributed by atoms with Crippen LogP contribution in [0.25, 0.3) is 0 Å². The van der Waals surface area contributed by atoms with E-state index in [1.165, 1.54) is 0 Å². The lowest BCUT2D eigenvalue weighted by atomic mass is 9.98. The van der Waals surface area contributed by atoms with Crippen molar-refractivity contribution in [2.24, 2.45) is 5.73 Å². The molecule has 1 aromatic rings. The molecule has 0 aliphatic heterocycles. The summed E-state index contributed by atoms with van der Waals surface area (Å²) in [5, 5.41) is 0.693. The Kier molecular flexibility index (Phi) is 4.36. The summed E-state index contributed by atoms with van der Waals surface area (Å²) in [6, 6.07) is 5.63. The molecular weight excluding hydrogens is 230 g/mol. The van der Waals surface area contributed by atoms with E-state index in [0.717, 1.165) is 11.3 Å². The highest BCUT2D eigenvalue weighted by Crippen LogP contribution is 2.29. The predicted molar refractivity (Wildman–Crippen MR) is 67.8 cm³/mol. The number of hydrogen-bond acceptors (Lipinski definition) is 2. The fourth-order valence-corrected chi connectivity index (χ4v) is 2.05. The van der Waals surface area contributed by atoms with E-state index in [4.69, 9.17) is 34.3 Å². The molecule has 1 unspecified atom stereocenters. The average Bonchev–Trinajstić information content (AvgIpc) is 2.16. The first-order valence-corrected chi connectivity index (χ1v) is 5.45. The maximum absolute atomic E-state index is 6.12. The SMILES string of the molecule is COc1ccc(C(C)CC(N)=S)c(Cl)c1. The Labute approximate surface area is 100 Å². The normalized spacial score (nSPS) is 12.2. The van der Waals surface area contributed by atoms with Gasteiger partial charge in [-0.15, -0.1) is 0 Å². The van der Waals surface area contributed by atoms with Crippen LogP contribution in [-0.4, -0.2) is 12.1 Å². The highest BCUT2D eigenvalue weighted by Gasteiger charge is 2.11. The summed E-state index contributed by atoms with van der Waals surface area (Å²) in [5.41, 5.74) is 6.55. The van der Waals surface area contributed by atoms with Gasteiger partial charge in [-0.3, -0.25) is 0 Å². The molecule has 0 aromatic heterocycles. The third kappa shape index (κ3) is 3.36. The molecule has 1 aromatic carbocycles. The van der Waals surface area contributed by atoms with Crippen LogP contribution >= 0.6 is 23.8 Å². The van der Waals surface area contributed by atoms with Gasteiger partial charge in [-0.25, -0.2) is 0 Å². The van der Waals surface area contributed by atoms with Gasteiger partial charge < -0.3 is 10.5 Å². The molecule has 2 nitrogen and oxygen atoms in total. The molecule has 0 saturated heterocycles. The Hall–Kier alpha value is -0.800. The van der Waals surface area contributed by atoms with E-state index in [2.05, 4.69) is 0 Å². The molecular formula is C11H14ClNOS. The molecule has 0 saturated carbocycles. The van der Waals surface area contributed by atoms with Gasteiger partial charge in [-0.05, 0) is 23.6 Å². The Bertz CT molecular complexity index is 368. The molecule has 1 atom stereocenters. The van der Waals surface area contributed by atoms with Crippen LogP contribution in [0.2, 0.25) is 5.02 Å². The second kappa shape index (κ2) is 5.33. The number of hydrogen-bond donors (Lipinski definition) is 1. The summed E-state index contributed by atoms with van der Waals surface area (Å²) < 4.78 is 5.08. The summed E-state index contributed by atoms with van der Waals surface area (Å²) >= 11 is 11.0. The predicted octanol–water partition coefficient (Wildman–Crippen LogP) is 3.13. The number of rotatable bonds is 4. The largest absolute Gasteiger partial charge is 0.497 e. The number of ether oxygens (including phenoxy) is 1. The Morgan fingerprint density at radius 2 is 2.27 bits per heavy atom. The molecule has 1 rings (SSSR count). The van der Waals surface area contributed by atoms with E-state index >= 15 is 0 Å². The van der Waals surface area contributed by atoms with Crippen LogP contribution in [0, 0.1) is 0 Å². The zero-order chi connectivity index (χ0) is 11.4. The zero-order valence-corrected chi connectivity index (χ0v) is 10.4. The van der Waals surface area contributed by atoms with E-state index in [1.54, 1.807) is 13.2 Å². The Balaban J connectivity index is 2.90. The molecule has 0 aliphatic rings. The van der Waals surface area contributed by atoms with Gasteiger partial charge in [-0.2, -0.15) is 0 Å². The third-order valence-corrected chi connectivity index (χ3v) is 2.74. The lowest BCUT2D eigenvalue weighted by molar-refractivity contribution is 0.414. The highest BCUT2D eigenvalue weighted by atomic mass is 35.5. The van der Waals surface area contributed by atoms with Crippen molar-refractivity contribution >= 4 is 28.8 Å². The Morgan fingerprint density at radius 3 is 2.73 bits per heavy atom. The van der Waals surface area contributed by atoms with Gasteiger partial charge in [0.1, 0.15) is 5.75 Å². The van der Waals surface area contributed by atoms with Crippen LogP contribution in [0.3, 0.4) is 0 Å². The molecule has 0 fully saturated rings. The van der Waals surface area contributed by atoms with Gasteiger partial charge >= 0.3 is 0 Å². The first-order chi connectivity index (χ1) is 7.04. The fourth-order valence-electron chi connectivity index (χ4n) is 1.45. The van der Waals surface area contributed by atoms with E-state index in [1.807, 2.05) is 19.1 Å². The second-order valence-electron chi connectivity index (χ2n) is 3.46. The van der Waals surface area contributed by atoms with Crippen LogP contribution in [-0.2, 0) is 0 Å². The minimum atomic E-state index is 0.237. The summed E-state index contributed by atoms with van der Waals surface area (Å²) in [5.74, 6) is 0.993. The summed E-state index contributed by atoms with van der Waals surface area (Å²) in [4.78, 5) is 0.509. The molecule has 0 bridgehead atoms. The smallest absolute Gasteiger partial charge is 0.120 e. The first-order valence-electron chi connectivity index (χ1n) is 4.66. The van der Waals surface area contributed by atoms with Crippen LogP contribution in [0.15, 0.2) is 18.2 Å². The van der Waals surface area contributed by atoms with Gasteiger partial charge in [0, 0.05) is 11.4 Å². The molecule has 0 amide bonds. The van der Waals surface area contributed by atoms with Gasteiger partial charge in [0.05, 0.1) is 12.1 Å². The topological polar surface area (TPSA) is 35.2 Å². The monoisotopic (exact) mass is 243 g/mol. The lowest BCUT2D eigenvalue weighted by Gasteiger charge is -2.13. The number of halogens is 1. The summed E-state index contributed by atoms with van der Waals surface area (Å²) in [6.45, 7) is 2.05. The van der Waals surface area contributed by atoms with Crippen LogP contribution in [0.5, 0.6) is 5.75 Å². The van der Waals surface area contributed by atoms with Gasteiger partial charge in [0.15, 0.2) is 0 Å². The minimum Gasteiger partial charge on any atom is -0.497 e. The van der Waals surface area contributed by atoms with Gasteiger partial charge in [0.25, 0.3) is 0 Å². The van der Waals surface area contributed by atoms with Crippen molar-refractivity contribution in [2.45, 2.75) is 19.3 Å². The second-order valence-corrected chi connectivity index (χ2v) is 4.39. The standard InChI is InChI=1S/C11H14ClNOS/c1-7(5-11(13)15)9-4-3-8(14-2)6-10(9)12/h3-4,6-7H,5H2,1-2H3,(H2,13,15). The number of benzene rings is 1. The van der Waals surface area contributed by atoms with Crippen molar-refractivity contribution in [3.05, 3.63) is 28.8 Å². The average molecular weight is 244 g/mol. The van der Waals surface area contributed by atoms with Gasteiger partial charge in [-0.1, -0.05) is 36.8 Å². The number of methoxy groups -OCH3 is 1. The van der Waals surface area contributed by atoms with Crippen LogP contribution in [0.1, 0.15) is 24.8 Å². The molecule has 15 heavy (non-hydrogen) atoms. The molecule has 0 aliphatic carbocycles. The van der Waals surface area contributed by atoms with Crippen LogP contribution in [0.4, 0.5) is 0 Å². The van der Waals surface area contributed by atoms with Crippen molar-refractivity contribution in [1.29, 1.82) is 0 Å². The van der Waals surface area contributed by atoms with Crippen molar-refractivity contribution in [3.63, 3.8) is 0 Å². The number of thiocarbonyl (C=S) groups is 1. The minimum absolute atomic E-state index is 0.237. The lowest BCUT2D eigenvalue weighted by Crippen LogP contribution is -2.11. The van der Waals surface area contributed by atoms with Crippen LogP contribution < -0.4 is 10.5 Å². The molecule has 0 spiro atoms.